The fourth-order valence-electron chi connectivity index (χ4n) is 5.05. The van der Waals surface area contributed by atoms with Gasteiger partial charge in [0.15, 0.2) is 0 Å². The molecule has 5 rings (SSSR count). The maximum Gasteiger partial charge on any atom is 0.316 e. The van der Waals surface area contributed by atoms with E-state index in [2.05, 4.69) is 39.0 Å². The number of hydrogen-bond donors (Lipinski definition) is 3. The molecule has 0 saturated heterocycles. The Morgan fingerprint density at radius 3 is 2.40 bits per heavy atom. The van der Waals surface area contributed by atoms with Crippen molar-refractivity contribution in [3.63, 3.8) is 0 Å². The second-order valence-electron chi connectivity index (χ2n) is 8.80. The number of anilines is 1. The maximum absolute atomic E-state index is 11.4. The summed E-state index contributed by atoms with van der Waals surface area (Å²) in [6.07, 6.45) is 9.80. The van der Waals surface area contributed by atoms with E-state index in [4.69, 9.17) is 5.73 Å². The van der Waals surface area contributed by atoms with E-state index in [9.17, 15) is 9.90 Å². The van der Waals surface area contributed by atoms with Gasteiger partial charge in [0.2, 0.25) is 0 Å². The molecule has 2 heterocycles. The quantitative estimate of drug-likeness (QED) is 0.575. The van der Waals surface area contributed by atoms with Gasteiger partial charge in [-0.25, -0.2) is 9.78 Å². The van der Waals surface area contributed by atoms with Crippen molar-refractivity contribution in [2.45, 2.75) is 56.5 Å². The number of benzene rings is 1. The first-order valence-corrected chi connectivity index (χ1v) is 10.9. The molecule has 4 N–H and O–H groups in total. The zero-order valence-corrected chi connectivity index (χ0v) is 17.0. The summed E-state index contributed by atoms with van der Waals surface area (Å²) in [4.78, 5) is 15.3. The predicted molar refractivity (Wildman–Crippen MR) is 116 cm³/mol. The summed E-state index contributed by atoms with van der Waals surface area (Å²) >= 11 is 0. The molecule has 3 aromatic rings. The molecule has 6 nitrogen and oxygen atoms in total. The Labute approximate surface area is 176 Å². The lowest BCUT2D eigenvalue weighted by molar-refractivity contribution is 0.0754. The number of nitrogens with zero attached hydrogens (tertiary/aromatic N) is 2. The highest BCUT2D eigenvalue weighted by molar-refractivity contribution is 5.87. The van der Waals surface area contributed by atoms with Crippen LogP contribution in [0.25, 0.3) is 5.52 Å². The molecule has 1 atom stereocenters. The number of rotatable bonds is 5. The number of aliphatic hydroxyl groups excluding tert-OH is 1. The summed E-state index contributed by atoms with van der Waals surface area (Å²) in [5.41, 5.74) is 10.6. The van der Waals surface area contributed by atoms with Gasteiger partial charge in [0.05, 0.1) is 29.8 Å². The number of carbonyl (C=O) groups is 1. The van der Waals surface area contributed by atoms with Crippen molar-refractivity contribution in [3.05, 3.63) is 65.7 Å². The number of urea groups is 1. The van der Waals surface area contributed by atoms with Gasteiger partial charge in [-0.1, -0.05) is 18.2 Å². The molecule has 2 fully saturated rings. The van der Waals surface area contributed by atoms with E-state index < -0.39 is 12.1 Å². The molecule has 0 spiro atoms. The number of carbonyl (C=O) groups excluding carboxylic acids is 1. The zero-order valence-electron chi connectivity index (χ0n) is 17.0. The highest BCUT2D eigenvalue weighted by atomic mass is 16.3. The van der Waals surface area contributed by atoms with Crippen LogP contribution in [0.1, 0.15) is 73.3 Å². The summed E-state index contributed by atoms with van der Waals surface area (Å²) in [6, 6.07) is 11.7. The number of pyridine rings is 1. The van der Waals surface area contributed by atoms with E-state index in [0.717, 1.165) is 42.6 Å². The van der Waals surface area contributed by atoms with Gasteiger partial charge in [0.25, 0.3) is 0 Å². The van der Waals surface area contributed by atoms with Crippen LogP contribution in [0.4, 0.5) is 10.5 Å². The Balaban J connectivity index is 1.30. The Morgan fingerprint density at radius 2 is 1.73 bits per heavy atom. The van der Waals surface area contributed by atoms with Crippen LogP contribution in [0.15, 0.2) is 48.9 Å². The van der Waals surface area contributed by atoms with Crippen molar-refractivity contribution in [2.24, 2.45) is 11.7 Å². The molecule has 156 valence electrons. The number of primary amides is 1. The van der Waals surface area contributed by atoms with Crippen LogP contribution in [0, 0.1) is 5.92 Å². The van der Waals surface area contributed by atoms with Crippen LogP contribution in [0.2, 0.25) is 0 Å². The summed E-state index contributed by atoms with van der Waals surface area (Å²) in [5.74, 6) is 1.34. The topological polar surface area (TPSA) is 92.7 Å². The van der Waals surface area contributed by atoms with Gasteiger partial charge in [-0.2, -0.15) is 0 Å². The van der Waals surface area contributed by atoms with E-state index in [1.807, 2.05) is 24.7 Å². The van der Waals surface area contributed by atoms with Crippen LogP contribution in [-0.4, -0.2) is 20.5 Å². The third kappa shape index (κ3) is 3.67. The van der Waals surface area contributed by atoms with Gasteiger partial charge < -0.3 is 20.6 Å². The third-order valence-corrected chi connectivity index (χ3v) is 6.82. The van der Waals surface area contributed by atoms with Gasteiger partial charge in [-0.05, 0) is 85.6 Å². The SMILES string of the molecule is NC(=O)Nc1ccc(C2CCC([C@H](O)c3c(C4CC4)ccc4cncn34)CC2)cc1. The molecule has 2 aliphatic carbocycles. The number of imidazole rings is 1. The second kappa shape index (κ2) is 7.76. The first-order chi connectivity index (χ1) is 14.6. The van der Waals surface area contributed by atoms with Gasteiger partial charge in [0.1, 0.15) is 0 Å². The minimum absolute atomic E-state index is 0.266. The summed E-state index contributed by atoms with van der Waals surface area (Å²) < 4.78 is 2.09. The first kappa shape index (κ1) is 19.1. The standard InChI is InChI=1S/C24H28N4O2/c25-24(30)27-19-9-7-16(8-10-19)15-1-5-18(6-2-15)23(29)22-21(17-3-4-17)12-11-20-13-26-14-28(20)22/h7-15,17-18,23,29H,1-6H2,(H3,25,27,30)/t15?,18?,23-/m0/s1. The van der Waals surface area contributed by atoms with E-state index >= 15 is 0 Å². The van der Waals surface area contributed by atoms with E-state index in [1.165, 1.54) is 24.0 Å². The van der Waals surface area contributed by atoms with Crippen LogP contribution in [-0.2, 0) is 0 Å². The van der Waals surface area contributed by atoms with E-state index in [1.54, 1.807) is 0 Å². The Morgan fingerprint density at radius 1 is 1.03 bits per heavy atom. The van der Waals surface area contributed by atoms with Crippen molar-refractivity contribution < 1.29 is 9.90 Å². The minimum atomic E-state index is -0.546. The highest BCUT2D eigenvalue weighted by Crippen LogP contribution is 2.47. The summed E-state index contributed by atoms with van der Waals surface area (Å²) in [7, 11) is 0. The minimum Gasteiger partial charge on any atom is -0.387 e. The van der Waals surface area contributed by atoms with Crippen molar-refractivity contribution in [3.8, 4) is 0 Å². The molecule has 0 aliphatic heterocycles. The molecule has 0 bridgehead atoms. The molecule has 2 aliphatic rings. The molecule has 30 heavy (non-hydrogen) atoms. The van der Waals surface area contributed by atoms with Gasteiger partial charge in [0, 0.05) is 5.69 Å². The van der Waals surface area contributed by atoms with Crippen molar-refractivity contribution in [2.75, 3.05) is 5.32 Å². The average Bonchev–Trinajstić information content (AvgIpc) is 3.49. The first-order valence-electron chi connectivity index (χ1n) is 10.9. The third-order valence-electron chi connectivity index (χ3n) is 6.82. The molecular formula is C24H28N4O2. The lowest BCUT2D eigenvalue weighted by Crippen LogP contribution is -2.22. The number of hydrogen-bond acceptors (Lipinski definition) is 3. The summed E-state index contributed by atoms with van der Waals surface area (Å²) in [5, 5.41) is 14.0. The van der Waals surface area contributed by atoms with Gasteiger partial charge in [-0.15, -0.1) is 0 Å². The highest BCUT2D eigenvalue weighted by Gasteiger charge is 2.34. The Hall–Kier alpha value is -2.86. The number of amides is 2. The molecule has 6 heteroatoms. The molecule has 1 aromatic carbocycles. The van der Waals surface area contributed by atoms with Gasteiger partial charge >= 0.3 is 6.03 Å². The van der Waals surface area contributed by atoms with Gasteiger partial charge in [-0.3, -0.25) is 0 Å². The van der Waals surface area contributed by atoms with Crippen molar-refractivity contribution >= 4 is 17.2 Å². The number of aliphatic hydroxyl groups is 1. The monoisotopic (exact) mass is 404 g/mol. The fourth-order valence-corrected chi connectivity index (χ4v) is 5.05. The number of aromatic nitrogens is 2. The Bertz CT molecular complexity index is 1050. The lowest BCUT2D eigenvalue weighted by atomic mass is 9.75. The Kier molecular flexibility index (Phi) is 4.95. The molecule has 0 unspecified atom stereocenters. The van der Waals surface area contributed by atoms with Crippen LogP contribution in [0.5, 0.6) is 0 Å². The van der Waals surface area contributed by atoms with E-state index in [-0.39, 0.29) is 5.92 Å². The van der Waals surface area contributed by atoms with E-state index in [0.29, 0.717) is 11.8 Å². The lowest BCUT2D eigenvalue weighted by Gasteiger charge is -2.33. The van der Waals surface area contributed by atoms with Crippen molar-refractivity contribution in [1.29, 1.82) is 0 Å². The van der Waals surface area contributed by atoms with Crippen LogP contribution >= 0.6 is 0 Å². The van der Waals surface area contributed by atoms with Crippen molar-refractivity contribution in [1.82, 2.24) is 9.38 Å². The number of fused-ring (bicyclic) bond motifs is 1. The predicted octanol–water partition coefficient (Wildman–Crippen LogP) is 4.71. The molecule has 2 aromatic heterocycles. The zero-order chi connectivity index (χ0) is 20.7. The largest absolute Gasteiger partial charge is 0.387 e. The molecule has 2 amide bonds. The molecule has 2 saturated carbocycles. The van der Waals surface area contributed by atoms with Crippen LogP contribution in [0.3, 0.4) is 0 Å². The second-order valence-corrected chi connectivity index (χ2v) is 8.80. The fraction of sp³-hybridized carbons (Fsp3) is 0.417. The maximum atomic E-state index is 11.4. The van der Waals surface area contributed by atoms with Crippen LogP contribution < -0.4 is 11.1 Å². The smallest absolute Gasteiger partial charge is 0.316 e. The normalized spacial score (nSPS) is 22.7. The number of nitrogens with two attached hydrogens (primary N) is 1. The summed E-state index contributed by atoms with van der Waals surface area (Å²) in [6.45, 7) is 0. The molecular weight excluding hydrogens is 376 g/mol. The number of nitrogens with one attached hydrogen (secondary N) is 1. The average molecular weight is 405 g/mol. The molecule has 0 radical (unpaired) electrons.